The van der Waals surface area contributed by atoms with Crippen molar-refractivity contribution in [3.8, 4) is 0 Å². The molecule has 0 aromatic rings. The summed E-state index contributed by atoms with van der Waals surface area (Å²) in [6.07, 6.45) is 7.57. The zero-order chi connectivity index (χ0) is 13.1. The summed E-state index contributed by atoms with van der Waals surface area (Å²) in [7, 11) is 0. The Morgan fingerprint density at radius 1 is 1.26 bits per heavy atom. The van der Waals surface area contributed by atoms with E-state index in [9.17, 15) is 5.11 Å². The largest absolute Gasteiger partial charge is 0.395 e. The Labute approximate surface area is 116 Å². The molecule has 2 unspecified atom stereocenters. The molecule has 2 saturated heterocycles. The van der Waals surface area contributed by atoms with Crippen molar-refractivity contribution in [1.82, 2.24) is 10.2 Å². The van der Waals surface area contributed by atoms with Gasteiger partial charge in [0.05, 0.1) is 13.2 Å². The quantitative estimate of drug-likeness (QED) is 0.754. The molecule has 1 saturated carbocycles. The number of aliphatic hydroxyl groups excluding tert-OH is 1. The molecule has 3 aliphatic rings. The summed E-state index contributed by atoms with van der Waals surface area (Å²) in [6.45, 7) is 5.44. The molecule has 2 heterocycles. The van der Waals surface area contributed by atoms with Crippen LogP contribution in [0.15, 0.2) is 0 Å². The van der Waals surface area contributed by atoms with Gasteiger partial charge < -0.3 is 15.2 Å². The standard InChI is InChI=1S/C15H28N2O2/c18-9-14-3-1-2-7-17(14)11-15(6-8-19-12-15)10-16-13-4-5-13/h13-14,16,18H,1-12H2. The normalized spacial score (nSPS) is 36.8. The molecule has 2 aliphatic heterocycles. The molecule has 0 aromatic carbocycles. The molecule has 0 aromatic heterocycles. The molecule has 1 aliphatic carbocycles. The summed E-state index contributed by atoms with van der Waals surface area (Å²) < 4.78 is 5.69. The van der Waals surface area contributed by atoms with E-state index >= 15 is 0 Å². The third-order valence-corrected chi connectivity index (χ3v) is 5.03. The van der Waals surface area contributed by atoms with E-state index in [1.165, 1.54) is 32.1 Å². The SMILES string of the molecule is OCC1CCCCN1CC1(CNC2CC2)CCOC1. The van der Waals surface area contributed by atoms with E-state index in [0.717, 1.165) is 45.3 Å². The van der Waals surface area contributed by atoms with Crippen LogP contribution in [-0.4, -0.2) is 61.5 Å². The Kier molecular flexibility index (Phi) is 4.42. The zero-order valence-electron chi connectivity index (χ0n) is 11.9. The first-order chi connectivity index (χ1) is 9.31. The molecule has 2 N–H and O–H groups in total. The molecule has 3 rings (SSSR count). The van der Waals surface area contributed by atoms with Gasteiger partial charge in [0.15, 0.2) is 0 Å². The van der Waals surface area contributed by atoms with Crippen molar-refractivity contribution in [3.63, 3.8) is 0 Å². The smallest absolute Gasteiger partial charge is 0.0586 e. The molecule has 0 amide bonds. The van der Waals surface area contributed by atoms with Gasteiger partial charge >= 0.3 is 0 Å². The third kappa shape index (κ3) is 3.48. The van der Waals surface area contributed by atoms with Crippen LogP contribution in [0.4, 0.5) is 0 Å². The molecule has 0 bridgehead atoms. The van der Waals surface area contributed by atoms with Crippen LogP contribution in [0.1, 0.15) is 38.5 Å². The highest BCUT2D eigenvalue weighted by molar-refractivity contribution is 4.93. The van der Waals surface area contributed by atoms with E-state index in [2.05, 4.69) is 10.2 Å². The van der Waals surface area contributed by atoms with Crippen molar-refractivity contribution in [2.45, 2.75) is 50.6 Å². The van der Waals surface area contributed by atoms with E-state index in [-0.39, 0.29) is 5.41 Å². The summed E-state index contributed by atoms with van der Waals surface area (Å²) in [6, 6.07) is 1.15. The molecule has 19 heavy (non-hydrogen) atoms. The highest BCUT2D eigenvalue weighted by atomic mass is 16.5. The second-order valence-corrected chi connectivity index (χ2v) is 6.76. The minimum absolute atomic E-state index is 0.285. The fraction of sp³-hybridized carbons (Fsp3) is 1.00. The summed E-state index contributed by atoms with van der Waals surface area (Å²) in [5.41, 5.74) is 0.285. The second-order valence-electron chi connectivity index (χ2n) is 6.76. The van der Waals surface area contributed by atoms with Crippen LogP contribution in [0.25, 0.3) is 0 Å². The average Bonchev–Trinajstić information content (AvgIpc) is 3.17. The van der Waals surface area contributed by atoms with Gasteiger partial charge in [-0.05, 0) is 38.6 Å². The number of likely N-dealkylation sites (tertiary alicyclic amines) is 1. The lowest BCUT2D eigenvalue weighted by Gasteiger charge is -2.41. The third-order valence-electron chi connectivity index (χ3n) is 5.03. The van der Waals surface area contributed by atoms with Crippen LogP contribution in [0.3, 0.4) is 0 Å². The van der Waals surface area contributed by atoms with Gasteiger partial charge in [-0.25, -0.2) is 0 Å². The van der Waals surface area contributed by atoms with Crippen LogP contribution in [0, 0.1) is 5.41 Å². The van der Waals surface area contributed by atoms with Crippen LogP contribution >= 0.6 is 0 Å². The first-order valence-electron chi connectivity index (χ1n) is 7.97. The summed E-state index contributed by atoms with van der Waals surface area (Å²) >= 11 is 0. The van der Waals surface area contributed by atoms with Crippen molar-refractivity contribution in [1.29, 1.82) is 0 Å². The van der Waals surface area contributed by atoms with Crippen molar-refractivity contribution in [3.05, 3.63) is 0 Å². The molecular weight excluding hydrogens is 240 g/mol. The topological polar surface area (TPSA) is 44.7 Å². The lowest BCUT2D eigenvalue weighted by atomic mass is 9.85. The minimum atomic E-state index is 0.285. The Balaban J connectivity index is 1.58. The number of aliphatic hydroxyl groups is 1. The lowest BCUT2D eigenvalue weighted by Crippen LogP contribution is -2.51. The Morgan fingerprint density at radius 3 is 2.84 bits per heavy atom. The van der Waals surface area contributed by atoms with Gasteiger partial charge in [0.25, 0.3) is 0 Å². The zero-order valence-corrected chi connectivity index (χ0v) is 11.9. The van der Waals surface area contributed by atoms with Gasteiger partial charge in [0, 0.05) is 37.2 Å². The maximum absolute atomic E-state index is 9.56. The fourth-order valence-corrected chi connectivity index (χ4v) is 3.52. The summed E-state index contributed by atoms with van der Waals surface area (Å²) in [4.78, 5) is 2.52. The number of ether oxygens (including phenoxy) is 1. The van der Waals surface area contributed by atoms with E-state index in [1.807, 2.05) is 0 Å². The minimum Gasteiger partial charge on any atom is -0.395 e. The molecule has 4 heteroatoms. The van der Waals surface area contributed by atoms with Gasteiger partial charge in [-0.3, -0.25) is 4.90 Å². The molecule has 4 nitrogen and oxygen atoms in total. The van der Waals surface area contributed by atoms with Gasteiger partial charge in [0.1, 0.15) is 0 Å². The predicted octanol–water partition coefficient (Wildman–Crippen LogP) is 0.992. The summed E-state index contributed by atoms with van der Waals surface area (Å²) in [5.74, 6) is 0. The number of piperidine rings is 1. The second kappa shape index (κ2) is 6.08. The number of rotatable bonds is 6. The molecule has 0 spiro atoms. The van der Waals surface area contributed by atoms with Crippen LogP contribution < -0.4 is 5.32 Å². The number of hydrogen-bond donors (Lipinski definition) is 2. The fourth-order valence-electron chi connectivity index (χ4n) is 3.52. The molecular formula is C15H28N2O2. The van der Waals surface area contributed by atoms with Gasteiger partial charge in [0.2, 0.25) is 0 Å². The molecule has 0 radical (unpaired) electrons. The van der Waals surface area contributed by atoms with Gasteiger partial charge in [-0.15, -0.1) is 0 Å². The maximum Gasteiger partial charge on any atom is 0.0586 e. The number of hydrogen-bond acceptors (Lipinski definition) is 4. The van der Waals surface area contributed by atoms with Crippen molar-refractivity contribution < 1.29 is 9.84 Å². The van der Waals surface area contributed by atoms with E-state index in [4.69, 9.17) is 4.74 Å². The maximum atomic E-state index is 9.56. The molecule has 3 fully saturated rings. The Bertz CT molecular complexity index is 288. The number of nitrogens with zero attached hydrogens (tertiary/aromatic N) is 1. The highest BCUT2D eigenvalue weighted by Gasteiger charge is 2.39. The van der Waals surface area contributed by atoms with Gasteiger partial charge in [-0.1, -0.05) is 6.42 Å². The summed E-state index contributed by atoms with van der Waals surface area (Å²) in [5, 5.41) is 13.3. The number of nitrogens with one attached hydrogen (secondary N) is 1. The van der Waals surface area contributed by atoms with E-state index in [1.54, 1.807) is 0 Å². The monoisotopic (exact) mass is 268 g/mol. The Morgan fingerprint density at radius 2 is 2.16 bits per heavy atom. The van der Waals surface area contributed by atoms with Crippen LogP contribution in [0.2, 0.25) is 0 Å². The average molecular weight is 268 g/mol. The first-order valence-corrected chi connectivity index (χ1v) is 7.97. The van der Waals surface area contributed by atoms with Crippen molar-refractivity contribution in [2.24, 2.45) is 5.41 Å². The van der Waals surface area contributed by atoms with Crippen molar-refractivity contribution in [2.75, 3.05) is 39.5 Å². The first kappa shape index (κ1) is 13.8. The lowest BCUT2D eigenvalue weighted by molar-refractivity contribution is 0.0400. The highest BCUT2D eigenvalue weighted by Crippen LogP contribution is 2.32. The molecule has 110 valence electrons. The van der Waals surface area contributed by atoms with E-state index in [0.29, 0.717) is 12.6 Å². The van der Waals surface area contributed by atoms with Crippen molar-refractivity contribution >= 4 is 0 Å². The predicted molar refractivity (Wildman–Crippen MR) is 75.2 cm³/mol. The van der Waals surface area contributed by atoms with E-state index < -0.39 is 0 Å². The van der Waals surface area contributed by atoms with Crippen LogP contribution in [0.5, 0.6) is 0 Å². The van der Waals surface area contributed by atoms with Gasteiger partial charge in [-0.2, -0.15) is 0 Å². The van der Waals surface area contributed by atoms with Crippen LogP contribution in [-0.2, 0) is 4.74 Å². The Hall–Kier alpha value is -0.160. The molecule has 2 atom stereocenters.